The van der Waals surface area contributed by atoms with E-state index < -0.39 is 5.97 Å². The Morgan fingerprint density at radius 3 is 2.31 bits per heavy atom. The number of rotatable bonds is 5. The van der Waals surface area contributed by atoms with Gasteiger partial charge in [-0.2, -0.15) is 0 Å². The lowest BCUT2D eigenvalue weighted by Gasteiger charge is -2.20. The van der Waals surface area contributed by atoms with Crippen LogP contribution in [0.4, 0.5) is 5.69 Å². The van der Waals surface area contributed by atoms with Crippen LogP contribution in [0, 0.1) is 6.92 Å². The average molecular weight is 372 g/mol. The molecule has 0 saturated carbocycles. The van der Waals surface area contributed by atoms with Crippen LogP contribution in [0.3, 0.4) is 0 Å². The summed E-state index contributed by atoms with van der Waals surface area (Å²) >= 11 is 1.53. The van der Waals surface area contributed by atoms with Gasteiger partial charge in [0.2, 0.25) is 5.91 Å². The van der Waals surface area contributed by atoms with Crippen LogP contribution in [0.2, 0.25) is 0 Å². The summed E-state index contributed by atoms with van der Waals surface area (Å²) in [4.78, 5) is 24.8. The second-order valence-electron chi connectivity index (χ2n) is 7.14. The molecule has 0 unspecified atom stereocenters. The van der Waals surface area contributed by atoms with Crippen LogP contribution in [-0.4, -0.2) is 24.7 Å². The third kappa shape index (κ3) is 5.36. The molecule has 0 saturated heterocycles. The maximum Gasteiger partial charge on any atom is 0.337 e. The monoisotopic (exact) mass is 371 g/mol. The number of ether oxygens (including phenoxy) is 1. The van der Waals surface area contributed by atoms with Crippen molar-refractivity contribution in [3.63, 3.8) is 0 Å². The first-order valence-corrected chi connectivity index (χ1v) is 9.41. The molecule has 0 radical (unpaired) electrons. The molecule has 2 aromatic rings. The predicted octanol–water partition coefficient (Wildman–Crippen LogP) is 4.81. The van der Waals surface area contributed by atoms with Crippen molar-refractivity contribution in [1.29, 1.82) is 0 Å². The second kappa shape index (κ2) is 8.41. The van der Waals surface area contributed by atoms with E-state index in [1.165, 1.54) is 30.0 Å². The normalized spacial score (nSPS) is 11.1. The fraction of sp³-hybridized carbons (Fsp3) is 0.333. The van der Waals surface area contributed by atoms with E-state index in [4.69, 9.17) is 0 Å². The maximum atomic E-state index is 12.2. The first kappa shape index (κ1) is 20.0. The molecule has 0 aliphatic rings. The SMILES string of the molecule is COC(=O)c1ccc(NC(=O)CSc2cc(C(C)(C)C)ccc2C)cc1. The molecule has 2 aromatic carbocycles. The van der Waals surface area contributed by atoms with Crippen molar-refractivity contribution in [2.24, 2.45) is 0 Å². The largest absolute Gasteiger partial charge is 0.465 e. The predicted molar refractivity (Wildman–Crippen MR) is 107 cm³/mol. The smallest absolute Gasteiger partial charge is 0.337 e. The van der Waals surface area contributed by atoms with Crippen molar-refractivity contribution in [1.82, 2.24) is 0 Å². The van der Waals surface area contributed by atoms with Crippen molar-refractivity contribution >= 4 is 29.3 Å². The lowest BCUT2D eigenvalue weighted by atomic mass is 9.87. The van der Waals surface area contributed by atoms with Gasteiger partial charge in [0.25, 0.3) is 0 Å². The summed E-state index contributed by atoms with van der Waals surface area (Å²) in [5.41, 5.74) is 3.60. The molecule has 0 fully saturated rings. The minimum atomic E-state index is -0.396. The molecular weight excluding hydrogens is 346 g/mol. The molecule has 0 atom stereocenters. The Bertz CT molecular complexity index is 792. The summed E-state index contributed by atoms with van der Waals surface area (Å²) in [5.74, 6) is -0.151. The number of esters is 1. The van der Waals surface area contributed by atoms with Gasteiger partial charge in [-0.15, -0.1) is 11.8 Å². The number of amides is 1. The van der Waals surface area contributed by atoms with Crippen molar-refractivity contribution in [3.8, 4) is 0 Å². The van der Waals surface area contributed by atoms with Crippen LogP contribution in [0.15, 0.2) is 47.4 Å². The van der Waals surface area contributed by atoms with Crippen LogP contribution in [0.25, 0.3) is 0 Å². The summed E-state index contributed by atoms with van der Waals surface area (Å²) < 4.78 is 4.66. The second-order valence-corrected chi connectivity index (χ2v) is 8.15. The van der Waals surface area contributed by atoms with Gasteiger partial charge in [0, 0.05) is 10.6 Å². The number of methoxy groups -OCH3 is 1. The minimum Gasteiger partial charge on any atom is -0.465 e. The number of nitrogens with one attached hydrogen (secondary N) is 1. The minimum absolute atomic E-state index is 0.0760. The molecule has 26 heavy (non-hydrogen) atoms. The molecule has 1 N–H and O–H groups in total. The van der Waals surface area contributed by atoms with Gasteiger partial charge < -0.3 is 10.1 Å². The van der Waals surface area contributed by atoms with Gasteiger partial charge in [-0.3, -0.25) is 4.79 Å². The summed E-state index contributed by atoms with van der Waals surface area (Å²) in [7, 11) is 1.34. The van der Waals surface area contributed by atoms with Crippen LogP contribution in [-0.2, 0) is 14.9 Å². The summed E-state index contributed by atoms with van der Waals surface area (Å²) in [5, 5.41) is 2.85. The Kier molecular flexibility index (Phi) is 6.48. The molecule has 4 nitrogen and oxygen atoms in total. The molecule has 1 amide bonds. The summed E-state index contributed by atoms with van der Waals surface area (Å²) in [6, 6.07) is 13.1. The lowest BCUT2D eigenvalue weighted by Crippen LogP contribution is -2.14. The fourth-order valence-corrected chi connectivity index (χ4v) is 3.23. The summed E-state index contributed by atoms with van der Waals surface area (Å²) in [6.07, 6.45) is 0. The number of carbonyl (C=O) groups is 2. The highest BCUT2D eigenvalue weighted by atomic mass is 32.2. The van der Waals surface area contributed by atoms with Crippen LogP contribution in [0.5, 0.6) is 0 Å². The highest BCUT2D eigenvalue weighted by molar-refractivity contribution is 8.00. The average Bonchev–Trinajstić information content (AvgIpc) is 2.60. The number of thioether (sulfide) groups is 1. The molecule has 0 aliphatic heterocycles. The number of aryl methyl sites for hydroxylation is 1. The molecule has 0 spiro atoms. The van der Waals surface area contributed by atoms with Gasteiger partial charge in [0.15, 0.2) is 0 Å². The molecule has 0 aromatic heterocycles. The van der Waals surface area contributed by atoms with Crippen molar-refractivity contribution in [2.45, 2.75) is 38.0 Å². The molecule has 5 heteroatoms. The van der Waals surface area contributed by atoms with E-state index in [9.17, 15) is 9.59 Å². The third-order valence-electron chi connectivity index (χ3n) is 4.00. The van der Waals surface area contributed by atoms with Crippen molar-refractivity contribution in [3.05, 3.63) is 59.2 Å². The van der Waals surface area contributed by atoms with Gasteiger partial charge in [-0.25, -0.2) is 4.79 Å². The molecule has 0 heterocycles. The van der Waals surface area contributed by atoms with Gasteiger partial charge in [0.05, 0.1) is 18.4 Å². The number of hydrogen-bond acceptors (Lipinski definition) is 4. The topological polar surface area (TPSA) is 55.4 Å². The first-order chi connectivity index (χ1) is 12.2. The van der Waals surface area contributed by atoms with Crippen molar-refractivity contribution < 1.29 is 14.3 Å². The lowest BCUT2D eigenvalue weighted by molar-refractivity contribution is -0.113. The zero-order valence-corrected chi connectivity index (χ0v) is 16.7. The van der Waals surface area contributed by atoms with Crippen LogP contribution in [0.1, 0.15) is 42.3 Å². The highest BCUT2D eigenvalue weighted by Crippen LogP contribution is 2.29. The Hall–Kier alpha value is -2.27. The van der Waals surface area contributed by atoms with Gasteiger partial charge in [-0.1, -0.05) is 32.9 Å². The summed E-state index contributed by atoms with van der Waals surface area (Å²) in [6.45, 7) is 8.59. The fourth-order valence-electron chi connectivity index (χ4n) is 2.37. The van der Waals surface area contributed by atoms with E-state index in [-0.39, 0.29) is 11.3 Å². The molecule has 0 bridgehead atoms. The molecule has 0 aliphatic carbocycles. The molecule has 2 rings (SSSR count). The van der Waals surface area contributed by atoms with E-state index in [1.807, 2.05) is 0 Å². The maximum absolute atomic E-state index is 12.2. The first-order valence-electron chi connectivity index (χ1n) is 8.43. The van der Waals surface area contributed by atoms with Crippen LogP contribution < -0.4 is 5.32 Å². The zero-order chi connectivity index (χ0) is 19.3. The van der Waals surface area contributed by atoms with Gasteiger partial charge in [-0.05, 0) is 53.8 Å². The quantitative estimate of drug-likeness (QED) is 0.605. The Morgan fingerprint density at radius 1 is 1.08 bits per heavy atom. The highest BCUT2D eigenvalue weighted by Gasteiger charge is 2.15. The Balaban J connectivity index is 1.98. The van der Waals surface area contributed by atoms with E-state index in [1.54, 1.807) is 24.3 Å². The molecular formula is C21H25NO3S. The third-order valence-corrected chi connectivity index (χ3v) is 5.16. The van der Waals surface area contributed by atoms with E-state index in [2.05, 4.69) is 55.9 Å². The Labute approximate surface area is 159 Å². The van der Waals surface area contributed by atoms with E-state index in [0.717, 1.165) is 4.90 Å². The number of benzene rings is 2. The van der Waals surface area contributed by atoms with E-state index in [0.29, 0.717) is 17.0 Å². The van der Waals surface area contributed by atoms with Crippen LogP contribution >= 0.6 is 11.8 Å². The van der Waals surface area contributed by atoms with Gasteiger partial charge in [0.1, 0.15) is 0 Å². The number of hydrogen-bond donors (Lipinski definition) is 1. The number of carbonyl (C=O) groups excluding carboxylic acids is 2. The number of anilines is 1. The zero-order valence-electron chi connectivity index (χ0n) is 15.9. The van der Waals surface area contributed by atoms with Crippen molar-refractivity contribution in [2.75, 3.05) is 18.2 Å². The Morgan fingerprint density at radius 2 is 1.73 bits per heavy atom. The van der Waals surface area contributed by atoms with Gasteiger partial charge >= 0.3 is 5.97 Å². The standard InChI is InChI=1S/C21H25NO3S/c1-14-6-9-16(21(2,3)4)12-18(14)26-13-19(23)22-17-10-7-15(8-11-17)20(24)25-5/h6-12H,13H2,1-5H3,(H,22,23). The molecule has 138 valence electrons. The van der Waals surface area contributed by atoms with E-state index >= 15 is 0 Å².